The number of aromatic amines is 1. The largest absolute Gasteiger partial charge is 0.395 e. The van der Waals surface area contributed by atoms with Gasteiger partial charge in [-0.1, -0.05) is 0 Å². The number of carbonyl (C=O) groups excluding carboxylic acids is 1. The number of anilines is 1. The molecule has 0 bridgehead atoms. The molecule has 2 aromatic rings. The van der Waals surface area contributed by atoms with Crippen molar-refractivity contribution in [1.29, 1.82) is 0 Å². The Kier molecular flexibility index (Phi) is 7.04. The SMILES string of the molecule is CNS(=O)(=O)c1ccc2c(c1)/C(=C\c1[nH]c3c(c1CCCN(C)CCO)CCCC3)C(=O)N2. The minimum Gasteiger partial charge on any atom is -0.395 e. The van der Waals surface area contributed by atoms with E-state index in [2.05, 4.69) is 19.9 Å². The lowest BCUT2D eigenvalue weighted by molar-refractivity contribution is -0.110. The molecule has 0 spiro atoms. The Bertz CT molecular complexity index is 1180. The van der Waals surface area contributed by atoms with Crippen LogP contribution in [0.4, 0.5) is 5.69 Å². The van der Waals surface area contributed by atoms with Crippen molar-refractivity contribution in [1.82, 2.24) is 14.6 Å². The topological polar surface area (TPSA) is 115 Å². The Morgan fingerprint density at radius 3 is 2.76 bits per heavy atom. The number of aliphatic hydroxyl groups excluding tert-OH is 1. The normalized spacial score (nSPS) is 16.8. The van der Waals surface area contributed by atoms with Gasteiger partial charge in [0.1, 0.15) is 0 Å². The predicted molar refractivity (Wildman–Crippen MR) is 130 cm³/mol. The van der Waals surface area contributed by atoms with Crippen LogP contribution in [0.25, 0.3) is 11.6 Å². The summed E-state index contributed by atoms with van der Waals surface area (Å²) in [7, 11) is -0.242. The smallest absolute Gasteiger partial charge is 0.256 e. The van der Waals surface area contributed by atoms with Crippen molar-refractivity contribution in [2.45, 2.75) is 43.4 Å². The standard InChI is InChI=1S/C24H32N4O4S/c1-25-33(31,32)16-9-10-22-19(14-16)20(24(30)27-22)15-23-18(7-5-11-28(2)12-13-29)17-6-3-4-8-21(17)26-23/h9-10,14-15,25-26,29H,3-8,11-13H2,1-2H3,(H,27,30)/b20-15+. The number of H-pyrrole nitrogens is 1. The van der Waals surface area contributed by atoms with Crippen LogP contribution in [0.1, 0.15) is 47.3 Å². The third-order valence-corrected chi connectivity index (χ3v) is 7.94. The highest BCUT2D eigenvalue weighted by molar-refractivity contribution is 7.89. The zero-order valence-corrected chi connectivity index (χ0v) is 20.0. The molecule has 9 heteroatoms. The molecule has 0 radical (unpaired) electrons. The third-order valence-electron chi connectivity index (χ3n) is 6.53. The number of sulfonamides is 1. The Labute approximate surface area is 195 Å². The summed E-state index contributed by atoms with van der Waals surface area (Å²) in [5.74, 6) is -0.231. The Morgan fingerprint density at radius 2 is 2.00 bits per heavy atom. The number of likely N-dealkylation sites (N-methyl/N-ethyl adjacent to an activating group) is 1. The van der Waals surface area contributed by atoms with E-state index in [1.165, 1.54) is 29.9 Å². The van der Waals surface area contributed by atoms with E-state index in [9.17, 15) is 13.2 Å². The zero-order chi connectivity index (χ0) is 23.6. The molecule has 2 aliphatic rings. The molecule has 8 nitrogen and oxygen atoms in total. The summed E-state index contributed by atoms with van der Waals surface area (Å²) in [6, 6.07) is 4.68. The summed E-state index contributed by atoms with van der Waals surface area (Å²) in [6.45, 7) is 1.68. The summed E-state index contributed by atoms with van der Waals surface area (Å²) >= 11 is 0. The lowest BCUT2D eigenvalue weighted by atomic mass is 9.92. The molecule has 1 aromatic carbocycles. The first-order valence-corrected chi connectivity index (χ1v) is 13.0. The molecule has 0 fully saturated rings. The number of nitrogens with one attached hydrogen (secondary N) is 3. The van der Waals surface area contributed by atoms with E-state index >= 15 is 0 Å². The van der Waals surface area contributed by atoms with Crippen molar-refractivity contribution in [3.05, 3.63) is 46.3 Å². The second-order valence-corrected chi connectivity index (χ2v) is 10.6. The van der Waals surface area contributed by atoms with Crippen molar-refractivity contribution in [2.24, 2.45) is 0 Å². The highest BCUT2D eigenvalue weighted by Crippen LogP contribution is 2.36. The Morgan fingerprint density at radius 1 is 1.21 bits per heavy atom. The average Bonchev–Trinajstić information content (AvgIpc) is 3.30. The third kappa shape index (κ3) is 4.91. The summed E-state index contributed by atoms with van der Waals surface area (Å²) in [4.78, 5) is 18.6. The number of aliphatic hydroxyl groups is 1. The van der Waals surface area contributed by atoms with Crippen molar-refractivity contribution in [2.75, 3.05) is 39.1 Å². The molecule has 4 N–H and O–H groups in total. The molecular formula is C24H32N4O4S. The fraction of sp³-hybridized carbons (Fsp3) is 0.458. The molecule has 0 saturated heterocycles. The average molecular weight is 473 g/mol. The van der Waals surface area contributed by atoms with E-state index in [0.717, 1.165) is 50.8 Å². The van der Waals surface area contributed by atoms with E-state index in [0.29, 0.717) is 23.4 Å². The molecule has 1 aliphatic carbocycles. The van der Waals surface area contributed by atoms with Gasteiger partial charge >= 0.3 is 0 Å². The van der Waals surface area contributed by atoms with Gasteiger partial charge in [-0.15, -0.1) is 0 Å². The van der Waals surface area contributed by atoms with E-state index < -0.39 is 10.0 Å². The van der Waals surface area contributed by atoms with Gasteiger partial charge in [-0.3, -0.25) is 4.79 Å². The van der Waals surface area contributed by atoms with Crippen molar-refractivity contribution < 1.29 is 18.3 Å². The first kappa shape index (κ1) is 23.7. The van der Waals surface area contributed by atoms with Crippen LogP contribution in [-0.4, -0.2) is 63.1 Å². The fourth-order valence-electron chi connectivity index (χ4n) is 4.73. The van der Waals surface area contributed by atoms with Crippen molar-refractivity contribution in [3.63, 3.8) is 0 Å². The molecule has 1 aromatic heterocycles. The highest BCUT2D eigenvalue weighted by atomic mass is 32.2. The van der Waals surface area contributed by atoms with Gasteiger partial charge in [0.05, 0.1) is 17.1 Å². The van der Waals surface area contributed by atoms with E-state index in [4.69, 9.17) is 5.11 Å². The van der Waals surface area contributed by atoms with Gasteiger partial charge in [0, 0.05) is 29.2 Å². The second-order valence-electron chi connectivity index (χ2n) is 8.74. The number of fused-ring (bicyclic) bond motifs is 2. The van der Waals surface area contributed by atoms with Gasteiger partial charge in [-0.2, -0.15) is 0 Å². The predicted octanol–water partition coefficient (Wildman–Crippen LogP) is 2.15. The quantitative estimate of drug-likeness (QED) is 0.418. The molecule has 2 heterocycles. The number of nitrogens with zero attached hydrogens (tertiary/aromatic N) is 1. The van der Waals surface area contributed by atoms with E-state index in [-0.39, 0.29) is 17.4 Å². The van der Waals surface area contributed by atoms with Crippen LogP contribution in [0.3, 0.4) is 0 Å². The Balaban J connectivity index is 1.70. The molecule has 4 rings (SSSR count). The number of hydrogen-bond donors (Lipinski definition) is 4. The maximum atomic E-state index is 12.8. The summed E-state index contributed by atoms with van der Waals surface area (Å²) in [5.41, 5.74) is 6.47. The number of aromatic nitrogens is 1. The minimum absolute atomic E-state index is 0.129. The molecular weight excluding hydrogens is 440 g/mol. The van der Waals surface area contributed by atoms with Crippen LogP contribution in [0, 0.1) is 0 Å². The highest BCUT2D eigenvalue weighted by Gasteiger charge is 2.28. The van der Waals surface area contributed by atoms with E-state index in [1.807, 2.05) is 13.1 Å². The summed E-state index contributed by atoms with van der Waals surface area (Å²) in [6.07, 6.45) is 8.05. The first-order chi connectivity index (χ1) is 15.8. The van der Waals surface area contributed by atoms with Gasteiger partial charge in [0.2, 0.25) is 10.0 Å². The summed E-state index contributed by atoms with van der Waals surface area (Å²) in [5, 5.41) is 12.0. The van der Waals surface area contributed by atoms with Gasteiger partial charge < -0.3 is 20.3 Å². The maximum Gasteiger partial charge on any atom is 0.256 e. The minimum atomic E-state index is -3.62. The first-order valence-electron chi connectivity index (χ1n) is 11.5. The number of aryl methyl sites for hydroxylation is 1. The van der Waals surface area contributed by atoms with Gasteiger partial charge in [-0.25, -0.2) is 13.1 Å². The Hall–Kier alpha value is -2.46. The lowest BCUT2D eigenvalue weighted by Gasteiger charge is -2.16. The molecule has 1 amide bonds. The number of amides is 1. The van der Waals surface area contributed by atoms with Crippen LogP contribution in [0.2, 0.25) is 0 Å². The van der Waals surface area contributed by atoms with Crippen molar-refractivity contribution >= 4 is 33.3 Å². The molecule has 0 unspecified atom stereocenters. The monoisotopic (exact) mass is 472 g/mol. The number of carbonyl (C=O) groups is 1. The van der Waals surface area contributed by atoms with Crippen LogP contribution in [-0.2, 0) is 34.1 Å². The number of hydrogen-bond acceptors (Lipinski definition) is 5. The molecule has 1 aliphatic heterocycles. The fourth-order valence-corrected chi connectivity index (χ4v) is 5.49. The van der Waals surface area contributed by atoms with Crippen LogP contribution in [0.15, 0.2) is 23.1 Å². The van der Waals surface area contributed by atoms with Crippen LogP contribution in [0.5, 0.6) is 0 Å². The second kappa shape index (κ2) is 9.80. The van der Waals surface area contributed by atoms with Gasteiger partial charge in [0.15, 0.2) is 0 Å². The maximum absolute atomic E-state index is 12.8. The lowest BCUT2D eigenvalue weighted by Crippen LogP contribution is -2.23. The van der Waals surface area contributed by atoms with Crippen LogP contribution >= 0.6 is 0 Å². The molecule has 0 atom stereocenters. The molecule has 178 valence electrons. The molecule has 0 saturated carbocycles. The number of benzene rings is 1. The van der Waals surface area contributed by atoms with Gasteiger partial charge in [-0.05, 0) is 94.6 Å². The zero-order valence-electron chi connectivity index (χ0n) is 19.2. The van der Waals surface area contributed by atoms with Crippen molar-refractivity contribution in [3.8, 4) is 0 Å². The number of rotatable bonds is 9. The summed E-state index contributed by atoms with van der Waals surface area (Å²) < 4.78 is 26.9. The van der Waals surface area contributed by atoms with E-state index in [1.54, 1.807) is 12.1 Å². The van der Waals surface area contributed by atoms with Gasteiger partial charge in [0.25, 0.3) is 5.91 Å². The molecule has 33 heavy (non-hydrogen) atoms. The van der Waals surface area contributed by atoms with Crippen LogP contribution < -0.4 is 10.0 Å².